The molecule has 1 N–H and O–H groups in total. The number of ether oxygens (including phenoxy) is 1. The molecule has 182 valence electrons. The maximum atomic E-state index is 12.8. The lowest BCUT2D eigenvalue weighted by atomic mass is 9.88. The number of thiophene rings is 1. The Kier molecular flexibility index (Phi) is 6.55. The lowest BCUT2D eigenvalue weighted by Crippen LogP contribution is -2.33. The molecule has 1 atom stereocenters. The van der Waals surface area contributed by atoms with E-state index in [9.17, 15) is 4.79 Å². The van der Waals surface area contributed by atoms with Crippen molar-refractivity contribution in [2.45, 2.75) is 69.9 Å². The van der Waals surface area contributed by atoms with Gasteiger partial charge in [0.15, 0.2) is 0 Å². The molecule has 0 spiro atoms. The monoisotopic (exact) mass is 506 g/mol. The number of nitrogens with one attached hydrogen (secondary N) is 1. The Labute approximate surface area is 213 Å². The van der Waals surface area contributed by atoms with E-state index in [-0.39, 0.29) is 16.8 Å². The number of carbonyl (C=O) groups is 1. The Morgan fingerprint density at radius 1 is 1.17 bits per heavy atom. The first-order valence-corrected chi connectivity index (χ1v) is 13.7. The molecule has 0 unspecified atom stereocenters. The van der Waals surface area contributed by atoms with Crippen LogP contribution in [0.15, 0.2) is 41.7 Å². The van der Waals surface area contributed by atoms with Gasteiger partial charge >= 0.3 is 0 Å². The maximum absolute atomic E-state index is 12.8. The molecule has 1 aliphatic heterocycles. The van der Waals surface area contributed by atoms with E-state index in [4.69, 9.17) is 14.7 Å². The predicted molar refractivity (Wildman–Crippen MR) is 144 cm³/mol. The number of anilines is 1. The molecule has 0 radical (unpaired) electrons. The third-order valence-electron chi connectivity index (χ3n) is 6.18. The highest BCUT2D eigenvalue weighted by Crippen LogP contribution is 2.43. The number of carbonyl (C=O) groups excluding carboxylic acids is 1. The minimum absolute atomic E-state index is 0.0531. The first-order valence-electron chi connectivity index (χ1n) is 12.0. The van der Waals surface area contributed by atoms with E-state index in [1.165, 1.54) is 22.9 Å². The number of nitrogens with zero attached hydrogens (tertiary/aromatic N) is 3. The molecule has 0 saturated heterocycles. The van der Waals surface area contributed by atoms with Crippen LogP contribution >= 0.6 is 23.1 Å². The van der Waals surface area contributed by atoms with E-state index in [0.717, 1.165) is 49.7 Å². The van der Waals surface area contributed by atoms with Crippen molar-refractivity contribution in [3.05, 3.63) is 53.5 Å². The van der Waals surface area contributed by atoms with Crippen molar-refractivity contribution < 1.29 is 9.53 Å². The first-order chi connectivity index (χ1) is 16.7. The molecule has 0 fully saturated rings. The number of hydrogen-bond acceptors (Lipinski definition) is 7. The summed E-state index contributed by atoms with van der Waals surface area (Å²) in [7, 11) is 0. The highest BCUT2D eigenvalue weighted by atomic mass is 32.2. The molecule has 5 rings (SSSR count). The molecule has 1 amide bonds. The molecule has 4 heterocycles. The van der Waals surface area contributed by atoms with Crippen LogP contribution in [-0.2, 0) is 29.0 Å². The minimum Gasteiger partial charge on any atom is -0.370 e. The van der Waals surface area contributed by atoms with Gasteiger partial charge in [-0.3, -0.25) is 4.79 Å². The van der Waals surface area contributed by atoms with Gasteiger partial charge in [0, 0.05) is 28.8 Å². The van der Waals surface area contributed by atoms with Crippen molar-refractivity contribution in [3.63, 3.8) is 0 Å². The van der Waals surface area contributed by atoms with Gasteiger partial charge in [0.1, 0.15) is 16.2 Å². The summed E-state index contributed by atoms with van der Waals surface area (Å²) >= 11 is 3.09. The summed E-state index contributed by atoms with van der Waals surface area (Å²) in [6.45, 7) is 11.2. The zero-order valence-electron chi connectivity index (χ0n) is 20.7. The van der Waals surface area contributed by atoms with E-state index in [1.807, 2.05) is 37.3 Å². The lowest BCUT2D eigenvalue weighted by Gasteiger charge is -2.33. The second-order valence-corrected chi connectivity index (χ2v) is 12.4. The summed E-state index contributed by atoms with van der Waals surface area (Å²) in [6, 6.07) is 9.52. The number of benzene rings is 1. The average molecular weight is 507 g/mol. The maximum Gasteiger partial charge on any atom is 0.237 e. The number of rotatable bonds is 6. The number of hydrogen-bond donors (Lipinski definition) is 1. The van der Waals surface area contributed by atoms with Crippen LogP contribution in [0.1, 0.15) is 51.4 Å². The molecular weight excluding hydrogens is 476 g/mol. The van der Waals surface area contributed by atoms with Crippen molar-refractivity contribution in [1.29, 1.82) is 0 Å². The zero-order chi connectivity index (χ0) is 24.7. The van der Waals surface area contributed by atoms with Crippen LogP contribution in [0.5, 0.6) is 0 Å². The van der Waals surface area contributed by atoms with E-state index < -0.39 is 0 Å². The highest BCUT2D eigenvalue weighted by molar-refractivity contribution is 8.00. The summed E-state index contributed by atoms with van der Waals surface area (Å²) in [5.41, 5.74) is 5.13. The highest BCUT2D eigenvalue weighted by Gasteiger charge is 2.32. The van der Waals surface area contributed by atoms with Gasteiger partial charge in [-0.2, -0.15) is 0 Å². The second kappa shape index (κ2) is 9.48. The van der Waals surface area contributed by atoms with Gasteiger partial charge in [-0.05, 0) is 50.8 Å². The Hall–Kier alpha value is -2.55. The lowest BCUT2D eigenvalue weighted by molar-refractivity contribution is -0.115. The van der Waals surface area contributed by atoms with E-state index in [2.05, 4.69) is 38.0 Å². The fourth-order valence-electron chi connectivity index (χ4n) is 4.48. The molecule has 0 saturated carbocycles. The second-order valence-electron chi connectivity index (χ2n) is 10.1. The zero-order valence-corrected chi connectivity index (χ0v) is 22.3. The number of aromatic nitrogens is 3. The molecule has 3 aromatic heterocycles. The van der Waals surface area contributed by atoms with Crippen LogP contribution in [0.25, 0.3) is 20.4 Å². The van der Waals surface area contributed by atoms with Gasteiger partial charge in [0.25, 0.3) is 0 Å². The van der Waals surface area contributed by atoms with Gasteiger partial charge in [-0.15, -0.1) is 11.3 Å². The average Bonchev–Trinajstić information content (AvgIpc) is 3.18. The van der Waals surface area contributed by atoms with Crippen LogP contribution in [0, 0.1) is 5.92 Å². The van der Waals surface area contributed by atoms with E-state index in [0.29, 0.717) is 12.5 Å². The molecule has 1 aliphatic rings. The Morgan fingerprint density at radius 3 is 2.69 bits per heavy atom. The number of thioether (sulfide) groups is 1. The normalized spacial score (nSPS) is 15.9. The summed E-state index contributed by atoms with van der Waals surface area (Å²) in [6.07, 6.45) is 3.35. The summed E-state index contributed by atoms with van der Waals surface area (Å²) in [4.78, 5) is 28.2. The largest absolute Gasteiger partial charge is 0.370 e. The van der Waals surface area contributed by atoms with E-state index in [1.54, 1.807) is 17.7 Å². The fourth-order valence-corrected chi connectivity index (χ4v) is 6.62. The molecule has 8 heteroatoms. The predicted octanol–water partition coefficient (Wildman–Crippen LogP) is 6.41. The quantitative estimate of drug-likeness (QED) is 0.241. The standard InChI is InChI=1S/C27H30N4O2S2/c1-15(2)11-20-19-13-33-27(4,5)12-18(19)21-22-23(35-25(21)31-20)26(29-14-28-22)34-16(3)24(32)30-17-9-7-6-8-10-17/h6-10,14-16H,11-13H2,1-5H3,(H,30,32)/t16-/m1/s1. The van der Waals surface area contributed by atoms with Crippen molar-refractivity contribution in [2.24, 2.45) is 5.92 Å². The molecule has 0 aliphatic carbocycles. The summed E-state index contributed by atoms with van der Waals surface area (Å²) < 4.78 is 7.18. The first kappa shape index (κ1) is 24.2. The summed E-state index contributed by atoms with van der Waals surface area (Å²) in [5, 5.41) is 4.61. The SMILES string of the molecule is CC(C)Cc1nc2sc3c(S[C@H](C)C(=O)Nc4ccccc4)ncnc3c2c2c1COC(C)(C)C2. The van der Waals surface area contributed by atoms with Gasteiger partial charge in [0.05, 0.1) is 27.7 Å². The van der Waals surface area contributed by atoms with Crippen LogP contribution in [0.4, 0.5) is 5.69 Å². The number of pyridine rings is 1. The number of amides is 1. The fraction of sp³-hybridized carbons (Fsp3) is 0.407. The van der Waals surface area contributed by atoms with Gasteiger partial charge in [-0.25, -0.2) is 15.0 Å². The van der Waals surface area contributed by atoms with Crippen molar-refractivity contribution in [2.75, 3.05) is 5.32 Å². The number of para-hydroxylation sites is 1. The van der Waals surface area contributed by atoms with Gasteiger partial charge in [-0.1, -0.05) is 43.8 Å². The van der Waals surface area contributed by atoms with Crippen molar-refractivity contribution >= 4 is 55.1 Å². The van der Waals surface area contributed by atoms with Crippen molar-refractivity contribution in [1.82, 2.24) is 15.0 Å². The van der Waals surface area contributed by atoms with Crippen LogP contribution < -0.4 is 5.32 Å². The molecule has 0 bridgehead atoms. The van der Waals surface area contributed by atoms with Gasteiger partial charge < -0.3 is 10.1 Å². The van der Waals surface area contributed by atoms with E-state index >= 15 is 0 Å². The molecule has 1 aromatic carbocycles. The van der Waals surface area contributed by atoms with Gasteiger partial charge in [0.2, 0.25) is 5.91 Å². The van der Waals surface area contributed by atoms with Crippen LogP contribution in [0.2, 0.25) is 0 Å². The summed E-state index contributed by atoms with van der Waals surface area (Å²) in [5.74, 6) is 0.450. The Morgan fingerprint density at radius 2 is 1.94 bits per heavy atom. The Balaban J connectivity index is 1.55. The third-order valence-corrected chi connectivity index (χ3v) is 8.49. The van der Waals surface area contributed by atoms with Crippen molar-refractivity contribution in [3.8, 4) is 0 Å². The molecule has 4 aromatic rings. The minimum atomic E-state index is -0.316. The topological polar surface area (TPSA) is 77.0 Å². The Bertz CT molecular complexity index is 1400. The molecule has 35 heavy (non-hydrogen) atoms. The van der Waals surface area contributed by atoms with Crippen LogP contribution in [0.3, 0.4) is 0 Å². The molecular formula is C27H30N4O2S2. The third kappa shape index (κ3) is 4.92. The number of fused-ring (bicyclic) bond motifs is 5. The smallest absolute Gasteiger partial charge is 0.237 e. The molecule has 6 nitrogen and oxygen atoms in total. The van der Waals surface area contributed by atoms with Crippen LogP contribution in [-0.4, -0.2) is 31.7 Å².